The van der Waals surface area contributed by atoms with Gasteiger partial charge in [0.15, 0.2) is 5.65 Å². The van der Waals surface area contributed by atoms with Crippen molar-refractivity contribution in [1.29, 1.82) is 0 Å². The molecule has 1 atom stereocenters. The Kier molecular flexibility index (Phi) is 2.17. The average Bonchev–Trinajstić information content (AvgIpc) is 2.56. The molecule has 0 aliphatic heterocycles. The highest BCUT2D eigenvalue weighted by atomic mass is 19.1. The molecule has 0 fully saturated rings. The van der Waals surface area contributed by atoms with Crippen molar-refractivity contribution >= 4 is 5.65 Å². The fraction of sp³-hybridized carbons (Fsp3) is 0.333. The first-order valence-electron chi connectivity index (χ1n) is 4.25. The number of aromatic nitrogens is 3. The van der Waals surface area contributed by atoms with Crippen molar-refractivity contribution in [3.8, 4) is 0 Å². The van der Waals surface area contributed by atoms with Crippen molar-refractivity contribution < 1.29 is 9.13 Å². The fourth-order valence-corrected chi connectivity index (χ4v) is 1.31. The summed E-state index contributed by atoms with van der Waals surface area (Å²) in [6.45, 7) is 1.87. The molecule has 2 heterocycles. The van der Waals surface area contributed by atoms with Crippen LogP contribution in [0.5, 0.6) is 0 Å². The quantitative estimate of drug-likeness (QED) is 0.730. The molecule has 0 aromatic carbocycles. The molecule has 0 spiro atoms. The Morgan fingerprint density at radius 3 is 3.07 bits per heavy atom. The normalized spacial score (nSPS) is 13.4. The zero-order valence-corrected chi connectivity index (χ0v) is 7.94. The molecule has 2 rings (SSSR count). The third kappa shape index (κ3) is 1.35. The molecule has 14 heavy (non-hydrogen) atoms. The van der Waals surface area contributed by atoms with Gasteiger partial charge in [-0.05, 0) is 13.0 Å². The number of methoxy groups -OCH3 is 1. The lowest BCUT2D eigenvalue weighted by molar-refractivity contribution is 0.114. The molecular weight excluding hydrogens is 185 g/mol. The summed E-state index contributed by atoms with van der Waals surface area (Å²) in [6.07, 6.45) is 1.47. The Balaban J connectivity index is 2.64. The molecule has 2 aromatic heterocycles. The number of hydrogen-bond acceptors (Lipinski definition) is 3. The highest BCUT2D eigenvalue weighted by molar-refractivity contribution is 5.37. The molecule has 4 nitrogen and oxygen atoms in total. The summed E-state index contributed by atoms with van der Waals surface area (Å²) in [7, 11) is 1.59. The maximum Gasteiger partial charge on any atom is 0.235 e. The Morgan fingerprint density at radius 2 is 2.36 bits per heavy atom. The standard InChI is InChI=1S/C9H10FN3O/c1-6(14-2)7-3-4-11-9-5-8(10)12-13(7)9/h3-6H,1-2H3/t6-/m0/s1. The highest BCUT2D eigenvalue weighted by Crippen LogP contribution is 2.16. The van der Waals surface area contributed by atoms with Gasteiger partial charge in [-0.25, -0.2) is 9.50 Å². The third-order valence-electron chi connectivity index (χ3n) is 2.13. The van der Waals surface area contributed by atoms with Crippen molar-refractivity contribution in [1.82, 2.24) is 14.6 Å². The van der Waals surface area contributed by atoms with Crippen LogP contribution in [0, 0.1) is 5.95 Å². The van der Waals surface area contributed by atoms with Crippen LogP contribution in [0.2, 0.25) is 0 Å². The second kappa shape index (κ2) is 3.34. The second-order valence-corrected chi connectivity index (χ2v) is 2.98. The Labute approximate surface area is 80.3 Å². The van der Waals surface area contributed by atoms with Gasteiger partial charge in [-0.15, -0.1) is 5.10 Å². The van der Waals surface area contributed by atoms with Gasteiger partial charge in [0, 0.05) is 19.4 Å². The van der Waals surface area contributed by atoms with Gasteiger partial charge in [-0.1, -0.05) is 0 Å². The summed E-state index contributed by atoms with van der Waals surface area (Å²) >= 11 is 0. The van der Waals surface area contributed by atoms with E-state index < -0.39 is 5.95 Å². The van der Waals surface area contributed by atoms with E-state index in [9.17, 15) is 4.39 Å². The molecule has 0 saturated heterocycles. The molecule has 0 aliphatic carbocycles. The highest BCUT2D eigenvalue weighted by Gasteiger charge is 2.11. The van der Waals surface area contributed by atoms with Crippen LogP contribution in [0.15, 0.2) is 18.3 Å². The first-order valence-corrected chi connectivity index (χ1v) is 4.25. The van der Waals surface area contributed by atoms with Crippen molar-refractivity contribution in [2.24, 2.45) is 0 Å². The van der Waals surface area contributed by atoms with E-state index in [0.717, 1.165) is 5.69 Å². The van der Waals surface area contributed by atoms with E-state index in [-0.39, 0.29) is 6.10 Å². The van der Waals surface area contributed by atoms with Gasteiger partial charge in [0.2, 0.25) is 5.95 Å². The van der Waals surface area contributed by atoms with Crippen LogP contribution in [0.1, 0.15) is 18.7 Å². The molecule has 0 unspecified atom stereocenters. The number of fused-ring (bicyclic) bond motifs is 1. The van der Waals surface area contributed by atoms with E-state index in [0.29, 0.717) is 5.65 Å². The van der Waals surface area contributed by atoms with Gasteiger partial charge in [-0.2, -0.15) is 4.39 Å². The van der Waals surface area contributed by atoms with E-state index in [2.05, 4.69) is 10.1 Å². The first kappa shape index (κ1) is 9.08. The lowest BCUT2D eigenvalue weighted by Gasteiger charge is -2.10. The van der Waals surface area contributed by atoms with Crippen molar-refractivity contribution in [3.05, 3.63) is 30.0 Å². The topological polar surface area (TPSA) is 39.4 Å². The van der Waals surface area contributed by atoms with Gasteiger partial charge < -0.3 is 4.74 Å². The smallest absolute Gasteiger partial charge is 0.235 e. The van der Waals surface area contributed by atoms with Crippen LogP contribution in [0.3, 0.4) is 0 Å². The van der Waals surface area contributed by atoms with Gasteiger partial charge in [0.25, 0.3) is 0 Å². The van der Waals surface area contributed by atoms with Crippen molar-refractivity contribution in [2.75, 3.05) is 7.11 Å². The van der Waals surface area contributed by atoms with E-state index in [1.165, 1.54) is 10.6 Å². The zero-order valence-electron chi connectivity index (χ0n) is 7.94. The number of rotatable bonds is 2. The van der Waals surface area contributed by atoms with Gasteiger partial charge in [0.05, 0.1) is 11.8 Å². The van der Waals surface area contributed by atoms with Crippen molar-refractivity contribution in [2.45, 2.75) is 13.0 Å². The first-order chi connectivity index (χ1) is 6.72. The Bertz CT molecular complexity index is 454. The minimum atomic E-state index is -0.534. The molecule has 5 heteroatoms. The van der Waals surface area contributed by atoms with Gasteiger partial charge in [-0.3, -0.25) is 0 Å². The van der Waals surface area contributed by atoms with Gasteiger partial charge in [0.1, 0.15) is 0 Å². The van der Waals surface area contributed by atoms with Crippen LogP contribution in [-0.4, -0.2) is 21.7 Å². The molecule has 0 aliphatic rings. The predicted molar refractivity (Wildman–Crippen MR) is 48.4 cm³/mol. The molecule has 0 amide bonds. The maximum absolute atomic E-state index is 12.9. The molecule has 0 bridgehead atoms. The number of ether oxygens (including phenoxy) is 1. The van der Waals surface area contributed by atoms with Gasteiger partial charge >= 0.3 is 0 Å². The molecular formula is C9H10FN3O. The fourth-order valence-electron chi connectivity index (χ4n) is 1.31. The number of hydrogen-bond donors (Lipinski definition) is 0. The van der Waals surface area contributed by atoms with Crippen LogP contribution < -0.4 is 0 Å². The van der Waals surface area contributed by atoms with E-state index in [1.807, 2.05) is 6.92 Å². The summed E-state index contributed by atoms with van der Waals surface area (Å²) < 4.78 is 19.4. The lowest BCUT2D eigenvalue weighted by Crippen LogP contribution is -2.05. The zero-order chi connectivity index (χ0) is 10.1. The van der Waals surface area contributed by atoms with E-state index >= 15 is 0 Å². The lowest BCUT2D eigenvalue weighted by atomic mass is 10.3. The van der Waals surface area contributed by atoms with E-state index in [1.54, 1.807) is 19.4 Å². The average molecular weight is 195 g/mol. The number of halogens is 1. The molecule has 0 N–H and O–H groups in total. The largest absolute Gasteiger partial charge is 0.375 e. The predicted octanol–water partition coefficient (Wildman–Crippen LogP) is 1.58. The monoisotopic (exact) mass is 195 g/mol. The SMILES string of the molecule is CO[C@@H](C)c1ccnc2cc(F)nn12. The molecule has 2 aromatic rings. The minimum Gasteiger partial charge on any atom is -0.375 e. The second-order valence-electron chi connectivity index (χ2n) is 2.98. The third-order valence-corrected chi connectivity index (χ3v) is 2.13. The molecule has 0 saturated carbocycles. The number of nitrogens with zero attached hydrogens (tertiary/aromatic N) is 3. The van der Waals surface area contributed by atoms with Crippen LogP contribution in [0.4, 0.5) is 4.39 Å². The summed E-state index contributed by atoms with van der Waals surface area (Å²) in [5.41, 5.74) is 1.27. The summed E-state index contributed by atoms with van der Waals surface area (Å²) in [5.74, 6) is -0.534. The Hall–Kier alpha value is -1.49. The molecule has 74 valence electrons. The molecule has 0 radical (unpaired) electrons. The van der Waals surface area contributed by atoms with E-state index in [4.69, 9.17) is 4.74 Å². The Morgan fingerprint density at radius 1 is 1.57 bits per heavy atom. The van der Waals surface area contributed by atoms with Crippen molar-refractivity contribution in [3.63, 3.8) is 0 Å². The van der Waals surface area contributed by atoms with Crippen LogP contribution in [-0.2, 0) is 4.74 Å². The summed E-state index contributed by atoms with van der Waals surface area (Å²) in [5, 5.41) is 3.69. The minimum absolute atomic E-state index is 0.139. The summed E-state index contributed by atoms with van der Waals surface area (Å²) in [6, 6.07) is 3.04. The summed E-state index contributed by atoms with van der Waals surface area (Å²) in [4.78, 5) is 3.98. The van der Waals surface area contributed by atoms with Crippen LogP contribution >= 0.6 is 0 Å². The maximum atomic E-state index is 12.9. The van der Waals surface area contributed by atoms with Crippen LogP contribution in [0.25, 0.3) is 5.65 Å².